The predicted octanol–water partition coefficient (Wildman–Crippen LogP) is 2.18. The van der Waals surface area contributed by atoms with Crippen molar-refractivity contribution in [1.82, 2.24) is 4.90 Å². The first-order valence-electron chi connectivity index (χ1n) is 6.84. The Labute approximate surface area is 118 Å². The highest BCUT2D eigenvalue weighted by atomic mass is 19.4. The summed E-state index contributed by atoms with van der Waals surface area (Å²) in [5.74, 6) is -0.545. The fourth-order valence-corrected chi connectivity index (χ4v) is 1.74. The van der Waals surface area contributed by atoms with Gasteiger partial charge in [0.15, 0.2) is 0 Å². The van der Waals surface area contributed by atoms with Gasteiger partial charge in [0.1, 0.15) is 6.54 Å². The highest BCUT2D eigenvalue weighted by molar-refractivity contribution is 5.82. The number of nitrogens with zero attached hydrogens (tertiary/aromatic N) is 1. The molecule has 0 heterocycles. The van der Waals surface area contributed by atoms with E-state index in [0.717, 1.165) is 4.90 Å². The second-order valence-corrected chi connectivity index (χ2v) is 5.01. The largest absolute Gasteiger partial charge is 0.406 e. The fraction of sp³-hybridized carbons (Fsp3) is 0.923. The van der Waals surface area contributed by atoms with E-state index in [1.807, 2.05) is 0 Å². The van der Waals surface area contributed by atoms with Crippen LogP contribution in [0.2, 0.25) is 0 Å². The number of amides is 1. The summed E-state index contributed by atoms with van der Waals surface area (Å²) in [6.45, 7) is 4.80. The van der Waals surface area contributed by atoms with Crippen molar-refractivity contribution in [2.75, 3.05) is 32.8 Å². The third-order valence-electron chi connectivity index (χ3n) is 3.33. The maximum Gasteiger partial charge on any atom is 0.406 e. The highest BCUT2D eigenvalue weighted by Crippen LogP contribution is 2.25. The van der Waals surface area contributed by atoms with Crippen LogP contribution in [0.5, 0.6) is 0 Å². The molecule has 0 rings (SSSR count). The Kier molecular flexibility index (Phi) is 8.12. The first kappa shape index (κ1) is 19.2. The summed E-state index contributed by atoms with van der Waals surface area (Å²) >= 11 is 0. The Morgan fingerprint density at radius 1 is 1.30 bits per heavy atom. The lowest BCUT2D eigenvalue weighted by Crippen LogP contribution is -2.49. The molecule has 0 aromatic rings. The van der Waals surface area contributed by atoms with E-state index in [9.17, 15) is 18.0 Å². The zero-order chi connectivity index (χ0) is 15.8. The normalized spacial score (nSPS) is 14.9. The molecule has 0 saturated carbocycles. The number of hydrogen-bond donors (Lipinski definition) is 1. The van der Waals surface area contributed by atoms with Crippen molar-refractivity contribution in [1.29, 1.82) is 0 Å². The van der Waals surface area contributed by atoms with Crippen LogP contribution in [0.3, 0.4) is 0 Å². The molecule has 4 nitrogen and oxygen atoms in total. The van der Waals surface area contributed by atoms with Crippen LogP contribution in [0.15, 0.2) is 0 Å². The van der Waals surface area contributed by atoms with Gasteiger partial charge >= 0.3 is 6.18 Å². The third kappa shape index (κ3) is 6.56. The Bertz CT molecular complexity index is 292. The maximum absolute atomic E-state index is 12.6. The van der Waals surface area contributed by atoms with E-state index < -0.39 is 24.0 Å². The number of nitrogens with two attached hydrogens (primary N) is 1. The minimum atomic E-state index is -4.41. The number of hydrogen-bond acceptors (Lipinski definition) is 3. The van der Waals surface area contributed by atoms with E-state index in [-0.39, 0.29) is 13.1 Å². The molecule has 0 aromatic heterocycles. The second-order valence-electron chi connectivity index (χ2n) is 5.01. The Balaban J connectivity index is 4.78. The van der Waals surface area contributed by atoms with E-state index in [2.05, 4.69) is 0 Å². The molecule has 20 heavy (non-hydrogen) atoms. The van der Waals surface area contributed by atoms with Crippen molar-refractivity contribution in [2.24, 2.45) is 11.1 Å². The van der Waals surface area contributed by atoms with Gasteiger partial charge in [-0.05, 0) is 26.7 Å². The zero-order valence-corrected chi connectivity index (χ0v) is 12.4. The van der Waals surface area contributed by atoms with E-state index >= 15 is 0 Å². The number of carbonyl (C=O) groups is 1. The summed E-state index contributed by atoms with van der Waals surface area (Å²) in [4.78, 5) is 13.1. The van der Waals surface area contributed by atoms with Gasteiger partial charge in [-0.3, -0.25) is 4.79 Å². The summed E-state index contributed by atoms with van der Waals surface area (Å²) in [5.41, 5.74) is 4.60. The quantitative estimate of drug-likeness (QED) is 0.664. The first-order valence-corrected chi connectivity index (χ1v) is 6.84. The van der Waals surface area contributed by atoms with Gasteiger partial charge in [-0.1, -0.05) is 6.92 Å². The molecule has 0 radical (unpaired) electrons. The number of ether oxygens (including phenoxy) is 1. The Hall–Kier alpha value is -0.820. The molecular weight excluding hydrogens is 273 g/mol. The van der Waals surface area contributed by atoms with Gasteiger partial charge in [0.2, 0.25) is 5.91 Å². The van der Waals surface area contributed by atoms with Crippen molar-refractivity contribution in [3.05, 3.63) is 0 Å². The molecule has 1 amide bonds. The third-order valence-corrected chi connectivity index (χ3v) is 3.33. The van der Waals surface area contributed by atoms with E-state index in [4.69, 9.17) is 10.5 Å². The van der Waals surface area contributed by atoms with Gasteiger partial charge in [-0.25, -0.2) is 0 Å². The summed E-state index contributed by atoms with van der Waals surface area (Å²) in [6.07, 6.45) is -3.63. The smallest absolute Gasteiger partial charge is 0.382 e. The van der Waals surface area contributed by atoms with E-state index in [1.54, 1.807) is 20.8 Å². The second kappa shape index (κ2) is 8.46. The average Bonchev–Trinajstić information content (AvgIpc) is 2.39. The molecular formula is C13H25F3N2O2. The van der Waals surface area contributed by atoms with Gasteiger partial charge in [0.25, 0.3) is 0 Å². The molecule has 120 valence electrons. The van der Waals surface area contributed by atoms with E-state index in [1.165, 1.54) is 0 Å². The molecule has 2 N–H and O–H groups in total. The maximum atomic E-state index is 12.6. The van der Waals surface area contributed by atoms with Crippen LogP contribution in [-0.2, 0) is 9.53 Å². The van der Waals surface area contributed by atoms with Crippen LogP contribution in [0.1, 0.15) is 33.6 Å². The highest BCUT2D eigenvalue weighted by Gasteiger charge is 2.39. The van der Waals surface area contributed by atoms with Crippen LogP contribution in [-0.4, -0.2) is 49.8 Å². The van der Waals surface area contributed by atoms with Gasteiger partial charge in [-0.15, -0.1) is 0 Å². The lowest BCUT2D eigenvalue weighted by molar-refractivity contribution is -0.167. The summed E-state index contributed by atoms with van der Waals surface area (Å²) < 4.78 is 42.8. The molecule has 0 aromatic carbocycles. The Morgan fingerprint density at radius 3 is 2.30 bits per heavy atom. The van der Waals surface area contributed by atoms with Crippen LogP contribution in [0, 0.1) is 5.41 Å². The molecule has 0 fully saturated rings. The molecule has 0 aliphatic carbocycles. The summed E-state index contributed by atoms with van der Waals surface area (Å²) in [5, 5.41) is 0. The molecule has 0 spiro atoms. The lowest BCUT2D eigenvalue weighted by Gasteiger charge is -2.33. The van der Waals surface area contributed by atoms with Crippen molar-refractivity contribution < 1.29 is 22.7 Å². The molecule has 0 saturated heterocycles. The van der Waals surface area contributed by atoms with Crippen LogP contribution in [0.4, 0.5) is 13.2 Å². The SMILES string of the molecule is CCOCCCN(CC(F)(F)F)C(=O)C(C)(CC)CN. The van der Waals surface area contributed by atoms with Gasteiger partial charge < -0.3 is 15.4 Å². The fourth-order valence-electron chi connectivity index (χ4n) is 1.74. The number of halogens is 3. The van der Waals surface area contributed by atoms with Gasteiger partial charge in [-0.2, -0.15) is 13.2 Å². The monoisotopic (exact) mass is 298 g/mol. The van der Waals surface area contributed by atoms with Crippen LogP contribution >= 0.6 is 0 Å². The Morgan fingerprint density at radius 2 is 1.90 bits per heavy atom. The number of rotatable bonds is 9. The topological polar surface area (TPSA) is 55.6 Å². The molecule has 0 bridgehead atoms. The number of carbonyl (C=O) groups excluding carboxylic acids is 1. The minimum absolute atomic E-state index is 0.0218. The lowest BCUT2D eigenvalue weighted by atomic mass is 9.86. The number of alkyl halides is 3. The van der Waals surface area contributed by atoms with Crippen molar-refractivity contribution in [3.63, 3.8) is 0 Å². The molecule has 1 atom stereocenters. The summed E-state index contributed by atoms with van der Waals surface area (Å²) in [7, 11) is 0. The van der Waals surface area contributed by atoms with E-state index in [0.29, 0.717) is 26.1 Å². The van der Waals surface area contributed by atoms with Crippen LogP contribution in [0.25, 0.3) is 0 Å². The molecule has 0 aliphatic rings. The summed E-state index contributed by atoms with van der Waals surface area (Å²) in [6, 6.07) is 0. The van der Waals surface area contributed by atoms with Crippen LogP contribution < -0.4 is 5.73 Å². The van der Waals surface area contributed by atoms with Crippen molar-refractivity contribution >= 4 is 5.91 Å². The van der Waals surface area contributed by atoms with Crippen molar-refractivity contribution in [2.45, 2.75) is 39.8 Å². The predicted molar refractivity (Wildman–Crippen MR) is 71.2 cm³/mol. The minimum Gasteiger partial charge on any atom is -0.382 e. The molecule has 1 unspecified atom stereocenters. The van der Waals surface area contributed by atoms with Gasteiger partial charge in [0, 0.05) is 26.3 Å². The molecule has 7 heteroatoms. The average molecular weight is 298 g/mol. The van der Waals surface area contributed by atoms with Crippen molar-refractivity contribution in [3.8, 4) is 0 Å². The standard InChI is InChI=1S/C13H25F3N2O2/c1-4-12(3,9-17)11(19)18(10-13(14,15)16)7-6-8-20-5-2/h4-10,17H2,1-3H3. The van der Waals surface area contributed by atoms with Gasteiger partial charge in [0.05, 0.1) is 5.41 Å². The first-order chi connectivity index (χ1) is 9.20. The zero-order valence-electron chi connectivity index (χ0n) is 12.4. The molecule has 0 aliphatic heterocycles.